The van der Waals surface area contributed by atoms with Gasteiger partial charge in [-0.2, -0.15) is 0 Å². The topological polar surface area (TPSA) is 89.5 Å². The van der Waals surface area contributed by atoms with Gasteiger partial charge in [0, 0.05) is 54.9 Å². The van der Waals surface area contributed by atoms with E-state index >= 15 is 0 Å². The van der Waals surface area contributed by atoms with E-state index in [9.17, 15) is 14.7 Å². The van der Waals surface area contributed by atoms with Gasteiger partial charge in [-0.15, -0.1) is 0 Å². The van der Waals surface area contributed by atoms with Crippen molar-refractivity contribution < 1.29 is 14.7 Å². The Hall–Kier alpha value is -2.61. The lowest BCUT2D eigenvalue weighted by Gasteiger charge is -2.39. The first-order valence-electron chi connectivity index (χ1n) is 10.8. The molecule has 2 amide bonds. The summed E-state index contributed by atoms with van der Waals surface area (Å²) in [7, 11) is 1.62. The minimum atomic E-state index is -0.784. The van der Waals surface area contributed by atoms with Crippen LogP contribution in [0.4, 0.5) is 0 Å². The number of piperidine rings is 1. The molecule has 1 fully saturated rings. The summed E-state index contributed by atoms with van der Waals surface area (Å²) >= 11 is 12.4. The van der Waals surface area contributed by atoms with Crippen molar-refractivity contribution in [1.29, 1.82) is 0 Å². The van der Waals surface area contributed by atoms with E-state index < -0.39 is 11.6 Å². The number of amides is 2. The second kappa shape index (κ2) is 9.33. The average molecular weight is 489 g/mol. The molecule has 0 saturated carbocycles. The van der Waals surface area contributed by atoms with Crippen molar-refractivity contribution >= 4 is 45.9 Å². The summed E-state index contributed by atoms with van der Waals surface area (Å²) in [5, 5.41) is 12.1. The molecule has 0 spiro atoms. The first-order chi connectivity index (χ1) is 15.6. The van der Waals surface area contributed by atoms with E-state index in [1.165, 1.54) is 11.1 Å². The number of carbonyl (C=O) groups is 2. The van der Waals surface area contributed by atoms with E-state index in [2.05, 4.69) is 9.97 Å². The second-order valence-electron chi connectivity index (χ2n) is 8.84. The molecule has 1 aromatic carbocycles. The summed E-state index contributed by atoms with van der Waals surface area (Å²) < 4.78 is 0. The smallest absolute Gasteiger partial charge is 0.270 e. The van der Waals surface area contributed by atoms with Gasteiger partial charge in [-0.05, 0) is 55.7 Å². The number of fused-ring (bicyclic) bond motifs is 1. The molecule has 0 aliphatic carbocycles. The number of nitrogens with one attached hydrogen (secondary N) is 1. The molecule has 1 aliphatic heterocycles. The molecular weight excluding hydrogens is 463 g/mol. The van der Waals surface area contributed by atoms with Gasteiger partial charge < -0.3 is 19.9 Å². The maximum Gasteiger partial charge on any atom is 0.270 e. The molecule has 0 radical (unpaired) electrons. The van der Waals surface area contributed by atoms with Crippen LogP contribution in [-0.4, -0.2) is 68.5 Å². The highest BCUT2D eigenvalue weighted by Crippen LogP contribution is 2.26. The Balaban J connectivity index is 1.62. The molecule has 2 aromatic heterocycles. The zero-order valence-electron chi connectivity index (χ0n) is 18.5. The van der Waals surface area contributed by atoms with E-state index in [4.69, 9.17) is 23.2 Å². The van der Waals surface area contributed by atoms with E-state index in [1.807, 2.05) is 6.07 Å². The molecule has 1 unspecified atom stereocenters. The number of aliphatic hydroxyl groups is 1. The van der Waals surface area contributed by atoms with Crippen LogP contribution in [0.25, 0.3) is 10.9 Å². The van der Waals surface area contributed by atoms with Crippen molar-refractivity contribution in [3.8, 4) is 0 Å². The molecule has 1 aliphatic rings. The van der Waals surface area contributed by atoms with Gasteiger partial charge in [-0.3, -0.25) is 14.6 Å². The number of halogens is 2. The average Bonchev–Trinajstić information content (AvgIpc) is 3.20. The number of hydrogen-bond donors (Lipinski definition) is 2. The predicted molar refractivity (Wildman–Crippen MR) is 129 cm³/mol. The zero-order chi connectivity index (χ0) is 23.8. The molecular formula is C24H26Cl2N4O3. The number of pyridine rings is 1. The Kier molecular flexibility index (Phi) is 6.66. The van der Waals surface area contributed by atoms with Crippen LogP contribution < -0.4 is 0 Å². The lowest BCUT2D eigenvalue weighted by atomic mass is 9.93. The lowest BCUT2D eigenvalue weighted by molar-refractivity contribution is -0.139. The van der Waals surface area contributed by atoms with Gasteiger partial charge in [0.15, 0.2) is 0 Å². The Labute approximate surface area is 202 Å². The predicted octanol–water partition coefficient (Wildman–Crippen LogP) is 3.93. The summed E-state index contributed by atoms with van der Waals surface area (Å²) in [6.45, 7) is 2.64. The van der Waals surface area contributed by atoms with Crippen molar-refractivity contribution in [3.63, 3.8) is 0 Å². The number of hydrogen-bond acceptors (Lipinski definition) is 4. The van der Waals surface area contributed by atoms with Gasteiger partial charge >= 0.3 is 0 Å². The molecule has 3 aromatic rings. The minimum Gasteiger partial charge on any atom is -0.390 e. The first kappa shape index (κ1) is 23.5. The molecule has 33 heavy (non-hydrogen) atoms. The second-order valence-corrected chi connectivity index (χ2v) is 9.68. The molecule has 9 heteroatoms. The van der Waals surface area contributed by atoms with Crippen LogP contribution in [0.5, 0.6) is 0 Å². The van der Waals surface area contributed by atoms with Crippen molar-refractivity contribution in [2.45, 2.75) is 37.8 Å². The highest BCUT2D eigenvalue weighted by molar-refractivity contribution is 6.31. The fourth-order valence-corrected chi connectivity index (χ4v) is 4.51. The summed E-state index contributed by atoms with van der Waals surface area (Å²) in [5.74, 6) is -0.483. The summed E-state index contributed by atoms with van der Waals surface area (Å²) in [6.07, 6.45) is 4.37. The summed E-state index contributed by atoms with van der Waals surface area (Å²) in [6, 6.07) is 8.07. The number of benzene rings is 1. The third kappa shape index (κ3) is 5.16. The van der Waals surface area contributed by atoms with Gasteiger partial charge in [-0.25, -0.2) is 0 Å². The van der Waals surface area contributed by atoms with Gasteiger partial charge in [0.2, 0.25) is 5.91 Å². The monoisotopic (exact) mass is 488 g/mol. The number of aromatic nitrogens is 2. The standard InChI is InChI=1S/C24H26Cl2N4O3/c1-24(33)6-9-30(10-7-24)23(32)21(13-15-5-8-27-14-18(15)26)29(2)22(31)20-12-16-11-17(25)3-4-19(16)28-20/h3-5,8,11-12,14,21,28,33H,6-7,9-10,13H2,1-2H3. The number of rotatable bonds is 5. The number of carbonyl (C=O) groups excluding carboxylic acids is 2. The largest absolute Gasteiger partial charge is 0.390 e. The lowest BCUT2D eigenvalue weighted by Crippen LogP contribution is -2.54. The Morgan fingerprint density at radius 1 is 1.24 bits per heavy atom. The van der Waals surface area contributed by atoms with Crippen molar-refractivity contribution in [1.82, 2.24) is 19.8 Å². The number of nitrogens with zero attached hydrogens (tertiary/aromatic N) is 3. The highest BCUT2D eigenvalue weighted by atomic mass is 35.5. The Bertz CT molecular complexity index is 1180. The van der Waals surface area contributed by atoms with Crippen LogP contribution in [0.15, 0.2) is 42.7 Å². The SMILES string of the molecule is CN(C(=O)c1cc2cc(Cl)ccc2[nH]1)C(Cc1ccncc1Cl)C(=O)N1CCC(C)(O)CC1. The summed E-state index contributed by atoms with van der Waals surface area (Å²) in [4.78, 5) is 37.3. The minimum absolute atomic E-state index is 0.173. The molecule has 1 saturated heterocycles. The first-order valence-corrected chi connectivity index (χ1v) is 11.6. The molecule has 174 valence electrons. The van der Waals surface area contributed by atoms with E-state index in [0.717, 1.165) is 16.5 Å². The quantitative estimate of drug-likeness (QED) is 0.569. The Morgan fingerprint density at radius 3 is 2.67 bits per heavy atom. The van der Waals surface area contributed by atoms with Crippen LogP contribution in [-0.2, 0) is 11.2 Å². The van der Waals surface area contributed by atoms with Gasteiger partial charge in [0.1, 0.15) is 11.7 Å². The molecule has 3 heterocycles. The molecule has 2 N–H and O–H groups in total. The molecule has 0 bridgehead atoms. The van der Waals surface area contributed by atoms with Gasteiger partial charge in [-0.1, -0.05) is 23.2 Å². The third-order valence-electron chi connectivity index (χ3n) is 6.31. The maximum absolute atomic E-state index is 13.6. The van der Waals surface area contributed by atoms with E-state index in [-0.39, 0.29) is 18.2 Å². The fourth-order valence-electron chi connectivity index (χ4n) is 4.14. The van der Waals surface area contributed by atoms with Crippen molar-refractivity contribution in [2.24, 2.45) is 0 Å². The van der Waals surface area contributed by atoms with Crippen LogP contribution in [0.3, 0.4) is 0 Å². The number of likely N-dealkylation sites (tertiary alicyclic amines) is 1. The normalized spacial score (nSPS) is 16.6. The fraction of sp³-hybridized carbons (Fsp3) is 0.375. The number of likely N-dealkylation sites (N-methyl/N-ethyl adjacent to an activating group) is 1. The number of H-pyrrole nitrogens is 1. The van der Waals surface area contributed by atoms with E-state index in [0.29, 0.717) is 41.7 Å². The Morgan fingerprint density at radius 2 is 1.97 bits per heavy atom. The van der Waals surface area contributed by atoms with Crippen molar-refractivity contribution in [3.05, 3.63) is 64.0 Å². The molecule has 7 nitrogen and oxygen atoms in total. The van der Waals surface area contributed by atoms with Crippen LogP contribution in [0.2, 0.25) is 10.0 Å². The van der Waals surface area contributed by atoms with Crippen molar-refractivity contribution in [2.75, 3.05) is 20.1 Å². The highest BCUT2D eigenvalue weighted by Gasteiger charge is 2.36. The van der Waals surface area contributed by atoms with Gasteiger partial charge in [0.25, 0.3) is 5.91 Å². The zero-order valence-corrected chi connectivity index (χ0v) is 20.0. The van der Waals surface area contributed by atoms with Crippen LogP contribution in [0, 0.1) is 0 Å². The van der Waals surface area contributed by atoms with Crippen LogP contribution >= 0.6 is 23.2 Å². The molecule has 4 rings (SSSR count). The number of aromatic amines is 1. The molecule has 1 atom stereocenters. The third-order valence-corrected chi connectivity index (χ3v) is 6.88. The van der Waals surface area contributed by atoms with Crippen LogP contribution in [0.1, 0.15) is 35.8 Å². The van der Waals surface area contributed by atoms with Gasteiger partial charge in [0.05, 0.1) is 10.6 Å². The van der Waals surface area contributed by atoms with E-state index in [1.54, 1.807) is 49.3 Å². The maximum atomic E-state index is 13.6. The summed E-state index contributed by atoms with van der Waals surface area (Å²) in [5.41, 5.74) is 1.11.